The number of hydrogen-bond acceptors (Lipinski definition) is 3. The molecule has 5 heteroatoms. The number of hydrogen-bond donors (Lipinski definition) is 1. The summed E-state index contributed by atoms with van der Waals surface area (Å²) in [5, 5.41) is 2.71. The van der Waals surface area contributed by atoms with E-state index in [1.807, 2.05) is 31.2 Å². The van der Waals surface area contributed by atoms with Gasteiger partial charge in [0, 0.05) is 24.1 Å². The molecule has 122 valence electrons. The van der Waals surface area contributed by atoms with Gasteiger partial charge in [0.2, 0.25) is 5.91 Å². The largest absolute Gasteiger partial charge is 0.441 e. The van der Waals surface area contributed by atoms with E-state index in [0.717, 1.165) is 5.56 Å². The molecule has 0 aliphatic carbocycles. The average molecular weight is 324 g/mol. The molecule has 0 unspecified atom stereocenters. The normalized spacial score (nSPS) is 10.6. The summed E-state index contributed by atoms with van der Waals surface area (Å²) in [4.78, 5) is 16.1. The fourth-order valence-electron chi connectivity index (χ4n) is 2.25. The van der Waals surface area contributed by atoms with E-state index in [0.29, 0.717) is 23.8 Å². The van der Waals surface area contributed by atoms with Crippen molar-refractivity contribution in [2.24, 2.45) is 0 Å². The SMILES string of the molecule is Cc1ccc(-c2cnc(CCC(=O)Nc3ccc(F)cc3)o2)cc1. The van der Waals surface area contributed by atoms with Crippen molar-refractivity contribution in [1.29, 1.82) is 0 Å². The third kappa shape index (κ3) is 4.07. The van der Waals surface area contributed by atoms with Crippen LogP contribution < -0.4 is 5.32 Å². The van der Waals surface area contributed by atoms with Gasteiger partial charge in [-0.25, -0.2) is 9.37 Å². The maximum absolute atomic E-state index is 12.8. The Hall–Kier alpha value is -2.95. The molecule has 0 saturated carbocycles. The molecule has 1 heterocycles. The molecule has 0 aliphatic heterocycles. The molecule has 0 spiro atoms. The minimum Gasteiger partial charge on any atom is -0.441 e. The van der Waals surface area contributed by atoms with Crippen molar-refractivity contribution in [2.75, 3.05) is 5.32 Å². The van der Waals surface area contributed by atoms with Gasteiger partial charge in [0.05, 0.1) is 6.20 Å². The minimum atomic E-state index is -0.337. The number of amides is 1. The molecule has 0 atom stereocenters. The summed E-state index contributed by atoms with van der Waals surface area (Å²) in [6.07, 6.45) is 2.31. The topological polar surface area (TPSA) is 55.1 Å². The highest BCUT2D eigenvalue weighted by Gasteiger charge is 2.09. The standard InChI is InChI=1S/C19H17FN2O2/c1-13-2-4-14(5-3-13)17-12-21-19(24-17)11-10-18(23)22-16-8-6-15(20)7-9-16/h2-9,12H,10-11H2,1H3,(H,22,23). The summed E-state index contributed by atoms with van der Waals surface area (Å²) in [5.41, 5.74) is 2.69. The lowest BCUT2D eigenvalue weighted by atomic mass is 10.1. The third-order valence-corrected chi connectivity index (χ3v) is 3.58. The predicted molar refractivity (Wildman–Crippen MR) is 90.0 cm³/mol. The summed E-state index contributed by atoms with van der Waals surface area (Å²) in [7, 11) is 0. The van der Waals surface area contributed by atoms with E-state index in [1.54, 1.807) is 6.20 Å². The van der Waals surface area contributed by atoms with E-state index < -0.39 is 0 Å². The van der Waals surface area contributed by atoms with Crippen molar-refractivity contribution in [3.8, 4) is 11.3 Å². The number of nitrogens with one attached hydrogen (secondary N) is 1. The number of benzene rings is 2. The van der Waals surface area contributed by atoms with Crippen LogP contribution in [0.2, 0.25) is 0 Å². The molecule has 3 aromatic rings. The number of nitrogens with zero attached hydrogens (tertiary/aromatic N) is 1. The first-order chi connectivity index (χ1) is 11.6. The molecular weight excluding hydrogens is 307 g/mol. The summed E-state index contributed by atoms with van der Waals surface area (Å²) in [6, 6.07) is 13.6. The number of oxazole rings is 1. The van der Waals surface area contributed by atoms with Gasteiger partial charge in [-0.05, 0) is 31.2 Å². The Morgan fingerprint density at radius 3 is 2.54 bits per heavy atom. The Morgan fingerprint density at radius 2 is 1.83 bits per heavy atom. The fourth-order valence-corrected chi connectivity index (χ4v) is 2.25. The maximum atomic E-state index is 12.8. The average Bonchev–Trinajstić information content (AvgIpc) is 3.05. The Balaban J connectivity index is 1.56. The number of anilines is 1. The van der Waals surface area contributed by atoms with E-state index in [1.165, 1.54) is 29.8 Å². The second-order valence-corrected chi connectivity index (χ2v) is 5.54. The molecule has 2 aromatic carbocycles. The van der Waals surface area contributed by atoms with Gasteiger partial charge in [-0.3, -0.25) is 4.79 Å². The number of halogens is 1. The lowest BCUT2D eigenvalue weighted by Crippen LogP contribution is -2.12. The predicted octanol–water partition coefficient (Wildman–Crippen LogP) is 4.36. The first kappa shape index (κ1) is 15.9. The molecular formula is C19H17FN2O2. The van der Waals surface area contributed by atoms with Crippen LogP contribution in [-0.2, 0) is 11.2 Å². The van der Waals surface area contributed by atoms with Gasteiger partial charge in [0.15, 0.2) is 11.7 Å². The summed E-state index contributed by atoms with van der Waals surface area (Å²) in [5.74, 6) is 0.692. The summed E-state index contributed by atoms with van der Waals surface area (Å²) in [6.45, 7) is 2.02. The van der Waals surface area contributed by atoms with E-state index in [2.05, 4.69) is 10.3 Å². The molecule has 1 aromatic heterocycles. The third-order valence-electron chi connectivity index (χ3n) is 3.58. The van der Waals surface area contributed by atoms with E-state index >= 15 is 0 Å². The fraction of sp³-hybridized carbons (Fsp3) is 0.158. The van der Waals surface area contributed by atoms with Gasteiger partial charge in [0.1, 0.15) is 5.82 Å². The van der Waals surface area contributed by atoms with Gasteiger partial charge < -0.3 is 9.73 Å². The van der Waals surface area contributed by atoms with Crippen molar-refractivity contribution in [3.05, 3.63) is 72.0 Å². The van der Waals surface area contributed by atoms with Gasteiger partial charge in [0.25, 0.3) is 0 Å². The van der Waals surface area contributed by atoms with Crippen LogP contribution in [0.3, 0.4) is 0 Å². The zero-order valence-electron chi connectivity index (χ0n) is 13.3. The van der Waals surface area contributed by atoms with Crippen LogP contribution in [-0.4, -0.2) is 10.9 Å². The first-order valence-electron chi connectivity index (χ1n) is 7.67. The van der Waals surface area contributed by atoms with Crippen molar-refractivity contribution in [1.82, 2.24) is 4.98 Å². The lowest BCUT2D eigenvalue weighted by Gasteiger charge is -2.03. The van der Waals surface area contributed by atoms with Gasteiger partial charge in [-0.1, -0.05) is 29.8 Å². The number of carbonyl (C=O) groups is 1. The molecule has 1 N–H and O–H groups in total. The summed E-state index contributed by atoms with van der Waals surface area (Å²) >= 11 is 0. The molecule has 0 fully saturated rings. The van der Waals surface area contributed by atoms with Crippen molar-refractivity contribution >= 4 is 11.6 Å². The van der Waals surface area contributed by atoms with Gasteiger partial charge >= 0.3 is 0 Å². The highest BCUT2D eigenvalue weighted by Crippen LogP contribution is 2.21. The van der Waals surface area contributed by atoms with Gasteiger partial charge in [-0.2, -0.15) is 0 Å². The van der Waals surface area contributed by atoms with E-state index in [-0.39, 0.29) is 18.1 Å². The lowest BCUT2D eigenvalue weighted by molar-refractivity contribution is -0.116. The highest BCUT2D eigenvalue weighted by atomic mass is 19.1. The van der Waals surface area contributed by atoms with Crippen LogP contribution >= 0.6 is 0 Å². The number of carbonyl (C=O) groups excluding carboxylic acids is 1. The van der Waals surface area contributed by atoms with Crippen LogP contribution in [0, 0.1) is 12.7 Å². The molecule has 0 saturated heterocycles. The van der Waals surface area contributed by atoms with Crippen molar-refractivity contribution in [3.63, 3.8) is 0 Å². The van der Waals surface area contributed by atoms with Crippen LogP contribution in [0.5, 0.6) is 0 Å². The van der Waals surface area contributed by atoms with E-state index in [4.69, 9.17) is 4.42 Å². The summed E-state index contributed by atoms with van der Waals surface area (Å²) < 4.78 is 18.5. The zero-order chi connectivity index (χ0) is 16.9. The van der Waals surface area contributed by atoms with Crippen molar-refractivity contribution in [2.45, 2.75) is 19.8 Å². The smallest absolute Gasteiger partial charge is 0.224 e. The number of rotatable bonds is 5. The van der Waals surface area contributed by atoms with E-state index in [9.17, 15) is 9.18 Å². The molecule has 1 amide bonds. The van der Waals surface area contributed by atoms with Crippen LogP contribution in [0.25, 0.3) is 11.3 Å². The molecule has 0 bridgehead atoms. The Kier molecular flexibility index (Phi) is 4.70. The quantitative estimate of drug-likeness (QED) is 0.758. The van der Waals surface area contributed by atoms with Crippen LogP contribution in [0.4, 0.5) is 10.1 Å². The molecule has 24 heavy (non-hydrogen) atoms. The van der Waals surface area contributed by atoms with Crippen LogP contribution in [0.15, 0.2) is 59.1 Å². The monoisotopic (exact) mass is 324 g/mol. The second-order valence-electron chi connectivity index (χ2n) is 5.54. The first-order valence-corrected chi connectivity index (χ1v) is 7.67. The van der Waals surface area contributed by atoms with Crippen molar-refractivity contribution < 1.29 is 13.6 Å². The number of aromatic nitrogens is 1. The molecule has 3 rings (SSSR count). The maximum Gasteiger partial charge on any atom is 0.224 e. The number of aryl methyl sites for hydroxylation is 2. The Morgan fingerprint density at radius 1 is 1.12 bits per heavy atom. The Labute approximate surface area is 139 Å². The zero-order valence-corrected chi connectivity index (χ0v) is 13.3. The van der Waals surface area contributed by atoms with Gasteiger partial charge in [-0.15, -0.1) is 0 Å². The Bertz CT molecular complexity index is 823. The van der Waals surface area contributed by atoms with Crippen LogP contribution in [0.1, 0.15) is 17.9 Å². The second kappa shape index (κ2) is 7.08. The molecule has 0 radical (unpaired) electrons. The highest BCUT2D eigenvalue weighted by molar-refractivity contribution is 5.90. The minimum absolute atomic E-state index is 0.170. The molecule has 0 aliphatic rings. The molecule has 4 nitrogen and oxygen atoms in total.